The molecule has 0 spiro atoms. The summed E-state index contributed by atoms with van der Waals surface area (Å²) < 4.78 is 32.6. The van der Waals surface area contributed by atoms with Crippen LogP contribution in [0.25, 0.3) is 11.0 Å². The molecule has 2 N–H and O–H groups in total. The standard InChI is InChI=1S/C25H29N3O5S/c1-16(2)21-14-22-19(15-33-23(22)11-17(21)3)13-24(29)26-27-25(30)18-7-6-8-20(12-18)34(31,32)28-9-4-5-10-28/h6-8,11-12,14-16H,4-5,9-10,13H2,1-3H3,(H,26,29)(H,27,30). The number of aryl methyl sites for hydroxylation is 1. The molecular weight excluding hydrogens is 454 g/mol. The van der Waals surface area contributed by atoms with Gasteiger partial charge in [0.25, 0.3) is 5.91 Å². The van der Waals surface area contributed by atoms with Gasteiger partial charge in [-0.25, -0.2) is 8.42 Å². The fourth-order valence-electron chi connectivity index (χ4n) is 4.29. The molecule has 1 saturated heterocycles. The molecule has 0 atom stereocenters. The number of hydrogen-bond acceptors (Lipinski definition) is 5. The van der Waals surface area contributed by atoms with Crippen molar-refractivity contribution in [2.24, 2.45) is 0 Å². The van der Waals surface area contributed by atoms with Crippen LogP contribution in [0.2, 0.25) is 0 Å². The maximum atomic E-state index is 12.8. The Bertz CT molecular complexity index is 1340. The SMILES string of the molecule is Cc1cc2occ(CC(=O)NNC(=O)c3cccc(S(=O)(=O)N4CCCC4)c3)c2cc1C(C)C. The van der Waals surface area contributed by atoms with Crippen molar-refractivity contribution in [1.29, 1.82) is 0 Å². The zero-order chi connectivity index (χ0) is 24.5. The summed E-state index contributed by atoms with van der Waals surface area (Å²) in [5.41, 5.74) is 8.68. The van der Waals surface area contributed by atoms with Gasteiger partial charge in [0.15, 0.2) is 0 Å². The lowest BCUT2D eigenvalue weighted by Crippen LogP contribution is -2.42. The lowest BCUT2D eigenvalue weighted by atomic mass is 9.95. The summed E-state index contributed by atoms with van der Waals surface area (Å²) in [5.74, 6) is -0.671. The van der Waals surface area contributed by atoms with Crippen LogP contribution >= 0.6 is 0 Å². The average Bonchev–Trinajstić information content (AvgIpc) is 3.48. The molecule has 1 aliphatic heterocycles. The topological polar surface area (TPSA) is 109 Å². The van der Waals surface area contributed by atoms with E-state index >= 15 is 0 Å². The van der Waals surface area contributed by atoms with Crippen LogP contribution in [0.4, 0.5) is 0 Å². The Hall–Kier alpha value is -3.17. The Morgan fingerprint density at radius 2 is 1.82 bits per heavy atom. The van der Waals surface area contributed by atoms with Gasteiger partial charge in [-0.1, -0.05) is 19.9 Å². The third kappa shape index (κ3) is 4.85. The molecule has 8 nitrogen and oxygen atoms in total. The fourth-order valence-corrected chi connectivity index (χ4v) is 5.86. The predicted octanol–water partition coefficient (Wildman–Crippen LogP) is 3.65. The second-order valence-corrected chi connectivity index (χ2v) is 10.9. The van der Waals surface area contributed by atoms with Crippen LogP contribution in [0.1, 0.15) is 59.7 Å². The number of rotatable bonds is 6. The minimum Gasteiger partial charge on any atom is -0.464 e. The molecule has 2 amide bonds. The molecule has 0 unspecified atom stereocenters. The van der Waals surface area contributed by atoms with Gasteiger partial charge in [0.1, 0.15) is 5.58 Å². The Kier molecular flexibility index (Phi) is 6.77. The monoisotopic (exact) mass is 483 g/mol. The van der Waals surface area contributed by atoms with Gasteiger partial charge in [0.2, 0.25) is 15.9 Å². The summed E-state index contributed by atoms with van der Waals surface area (Å²) in [5, 5.41) is 0.871. The highest BCUT2D eigenvalue weighted by Gasteiger charge is 2.27. The van der Waals surface area contributed by atoms with Gasteiger partial charge in [-0.3, -0.25) is 20.4 Å². The molecule has 9 heteroatoms. The summed E-state index contributed by atoms with van der Waals surface area (Å²) >= 11 is 0. The molecule has 3 aromatic rings. The first-order chi connectivity index (χ1) is 16.2. The van der Waals surface area contributed by atoms with Crippen LogP contribution in [0.5, 0.6) is 0 Å². The van der Waals surface area contributed by atoms with Gasteiger partial charge < -0.3 is 4.42 Å². The van der Waals surface area contributed by atoms with Crippen LogP contribution in [0.3, 0.4) is 0 Å². The van der Waals surface area contributed by atoms with Crippen molar-refractivity contribution in [1.82, 2.24) is 15.2 Å². The molecule has 0 radical (unpaired) electrons. The van der Waals surface area contributed by atoms with Crippen molar-refractivity contribution in [3.8, 4) is 0 Å². The third-order valence-electron chi connectivity index (χ3n) is 6.13. The van der Waals surface area contributed by atoms with E-state index in [0.29, 0.717) is 24.6 Å². The maximum absolute atomic E-state index is 12.8. The number of carbonyl (C=O) groups is 2. The summed E-state index contributed by atoms with van der Waals surface area (Å²) in [4.78, 5) is 25.1. The molecule has 2 aromatic carbocycles. The molecule has 34 heavy (non-hydrogen) atoms. The molecular formula is C25H29N3O5S. The number of benzene rings is 2. The van der Waals surface area contributed by atoms with E-state index in [0.717, 1.165) is 29.4 Å². The number of amides is 2. The maximum Gasteiger partial charge on any atom is 0.269 e. The lowest BCUT2D eigenvalue weighted by molar-refractivity contribution is -0.121. The average molecular weight is 484 g/mol. The highest BCUT2D eigenvalue weighted by Crippen LogP contribution is 2.29. The molecule has 2 heterocycles. The quantitative estimate of drug-likeness (QED) is 0.520. The molecule has 1 aromatic heterocycles. The molecule has 1 aliphatic rings. The van der Waals surface area contributed by atoms with Crippen molar-refractivity contribution >= 4 is 32.8 Å². The van der Waals surface area contributed by atoms with Crippen LogP contribution < -0.4 is 10.9 Å². The molecule has 1 fully saturated rings. The molecule has 4 rings (SSSR count). The molecule has 0 saturated carbocycles. The highest BCUT2D eigenvalue weighted by atomic mass is 32.2. The first-order valence-corrected chi connectivity index (χ1v) is 12.8. The van der Waals surface area contributed by atoms with Gasteiger partial charge >= 0.3 is 0 Å². The summed E-state index contributed by atoms with van der Waals surface area (Å²) in [6.45, 7) is 7.22. The zero-order valence-electron chi connectivity index (χ0n) is 19.6. The smallest absolute Gasteiger partial charge is 0.269 e. The lowest BCUT2D eigenvalue weighted by Gasteiger charge is -2.16. The Balaban J connectivity index is 1.42. The summed E-state index contributed by atoms with van der Waals surface area (Å²) in [7, 11) is -3.64. The summed E-state index contributed by atoms with van der Waals surface area (Å²) in [6, 6.07) is 9.84. The largest absolute Gasteiger partial charge is 0.464 e. The third-order valence-corrected chi connectivity index (χ3v) is 8.02. The van der Waals surface area contributed by atoms with Crippen LogP contribution in [0.15, 0.2) is 52.0 Å². The van der Waals surface area contributed by atoms with Gasteiger partial charge in [-0.05, 0) is 67.1 Å². The number of hydrogen-bond donors (Lipinski definition) is 2. The Morgan fingerprint density at radius 1 is 1.09 bits per heavy atom. The number of nitrogens with zero attached hydrogens (tertiary/aromatic N) is 1. The number of furan rings is 1. The molecule has 180 valence electrons. The van der Waals surface area contributed by atoms with Gasteiger partial charge in [-0.15, -0.1) is 0 Å². The van der Waals surface area contributed by atoms with Crippen LogP contribution in [0, 0.1) is 6.92 Å². The van der Waals surface area contributed by atoms with E-state index in [4.69, 9.17) is 4.42 Å². The van der Waals surface area contributed by atoms with Crippen LogP contribution in [-0.2, 0) is 21.2 Å². The number of nitrogens with one attached hydrogen (secondary N) is 2. The van der Waals surface area contributed by atoms with E-state index in [9.17, 15) is 18.0 Å². The van der Waals surface area contributed by atoms with Gasteiger partial charge in [0, 0.05) is 29.6 Å². The Morgan fingerprint density at radius 3 is 2.53 bits per heavy atom. The highest BCUT2D eigenvalue weighted by molar-refractivity contribution is 7.89. The van der Waals surface area contributed by atoms with Crippen molar-refractivity contribution in [2.45, 2.75) is 50.8 Å². The number of carbonyl (C=O) groups excluding carboxylic acids is 2. The van der Waals surface area contributed by atoms with E-state index < -0.39 is 21.8 Å². The normalized spacial score (nSPS) is 14.6. The number of sulfonamides is 1. The van der Waals surface area contributed by atoms with E-state index in [-0.39, 0.29) is 16.9 Å². The van der Waals surface area contributed by atoms with Crippen LogP contribution in [-0.4, -0.2) is 37.6 Å². The van der Waals surface area contributed by atoms with Gasteiger partial charge in [-0.2, -0.15) is 4.31 Å². The predicted molar refractivity (Wildman–Crippen MR) is 129 cm³/mol. The molecule has 0 bridgehead atoms. The zero-order valence-corrected chi connectivity index (χ0v) is 20.4. The van der Waals surface area contributed by atoms with Crippen molar-refractivity contribution < 1.29 is 22.4 Å². The number of fused-ring (bicyclic) bond motifs is 1. The van der Waals surface area contributed by atoms with E-state index in [1.54, 1.807) is 6.26 Å². The second-order valence-electron chi connectivity index (χ2n) is 8.94. The Labute approximate surface area is 199 Å². The minimum atomic E-state index is -3.64. The minimum absolute atomic E-state index is 0.0251. The fraction of sp³-hybridized carbons (Fsp3) is 0.360. The molecule has 0 aliphatic carbocycles. The van der Waals surface area contributed by atoms with Crippen molar-refractivity contribution in [3.63, 3.8) is 0 Å². The summed E-state index contributed by atoms with van der Waals surface area (Å²) in [6.07, 6.45) is 3.24. The first-order valence-electron chi connectivity index (χ1n) is 11.4. The van der Waals surface area contributed by atoms with E-state index in [1.807, 2.05) is 19.1 Å². The van der Waals surface area contributed by atoms with E-state index in [2.05, 4.69) is 24.7 Å². The first kappa shape index (κ1) is 24.0. The van der Waals surface area contributed by atoms with Crippen molar-refractivity contribution in [3.05, 3.63) is 64.9 Å². The van der Waals surface area contributed by atoms with Crippen molar-refractivity contribution in [2.75, 3.05) is 13.1 Å². The number of hydrazine groups is 1. The van der Waals surface area contributed by atoms with E-state index in [1.165, 1.54) is 34.1 Å². The van der Waals surface area contributed by atoms with Gasteiger partial charge in [0.05, 0.1) is 17.6 Å². The second kappa shape index (κ2) is 9.60.